The second-order valence-corrected chi connectivity index (χ2v) is 3.90. The molecule has 0 spiro atoms. The smallest absolute Gasteiger partial charge is 0.115 e. The molecule has 0 saturated carbocycles. The standard InChI is InChI=1S/C9H18FN/c1-7(2)5-8-3-4-11-6-9(8)10/h7-9,11H,3-6H2,1-2H3. The number of nitrogens with one attached hydrogen (secondary N) is 1. The van der Waals surface area contributed by atoms with Crippen LogP contribution in [0.25, 0.3) is 0 Å². The van der Waals surface area contributed by atoms with Gasteiger partial charge in [0, 0.05) is 6.54 Å². The summed E-state index contributed by atoms with van der Waals surface area (Å²) in [7, 11) is 0. The Labute approximate surface area is 68.4 Å². The van der Waals surface area contributed by atoms with Gasteiger partial charge in [-0.25, -0.2) is 4.39 Å². The van der Waals surface area contributed by atoms with Crippen LogP contribution in [-0.2, 0) is 0 Å². The molecule has 11 heavy (non-hydrogen) atoms. The van der Waals surface area contributed by atoms with E-state index >= 15 is 0 Å². The fourth-order valence-electron chi connectivity index (χ4n) is 1.75. The summed E-state index contributed by atoms with van der Waals surface area (Å²) in [4.78, 5) is 0. The van der Waals surface area contributed by atoms with Crippen LogP contribution in [0.4, 0.5) is 4.39 Å². The number of hydrogen-bond acceptors (Lipinski definition) is 1. The molecule has 0 aromatic heterocycles. The Hall–Kier alpha value is -0.110. The predicted molar refractivity (Wildman–Crippen MR) is 45.3 cm³/mol. The molecule has 1 nitrogen and oxygen atoms in total. The molecule has 1 heterocycles. The van der Waals surface area contributed by atoms with Crippen LogP contribution in [0.15, 0.2) is 0 Å². The Kier molecular flexibility index (Phi) is 3.31. The van der Waals surface area contributed by atoms with E-state index in [0.29, 0.717) is 18.4 Å². The average molecular weight is 159 g/mol. The van der Waals surface area contributed by atoms with E-state index in [0.717, 1.165) is 19.4 Å². The molecular formula is C9H18FN. The van der Waals surface area contributed by atoms with E-state index in [4.69, 9.17) is 0 Å². The molecule has 2 unspecified atom stereocenters. The quantitative estimate of drug-likeness (QED) is 0.649. The summed E-state index contributed by atoms with van der Waals surface area (Å²) in [6, 6.07) is 0. The molecule has 0 aromatic rings. The minimum atomic E-state index is -0.605. The maximum atomic E-state index is 13.1. The first-order valence-corrected chi connectivity index (χ1v) is 4.55. The van der Waals surface area contributed by atoms with E-state index in [1.807, 2.05) is 0 Å². The van der Waals surface area contributed by atoms with Crippen molar-refractivity contribution in [2.24, 2.45) is 11.8 Å². The predicted octanol–water partition coefficient (Wildman–Crippen LogP) is 1.98. The Morgan fingerprint density at radius 2 is 2.27 bits per heavy atom. The molecule has 0 bridgehead atoms. The van der Waals surface area contributed by atoms with Crippen LogP contribution in [0.5, 0.6) is 0 Å². The number of hydrogen-bond donors (Lipinski definition) is 1. The molecule has 0 radical (unpaired) electrons. The average Bonchev–Trinajstić information content (AvgIpc) is 1.93. The van der Waals surface area contributed by atoms with Gasteiger partial charge in [-0.1, -0.05) is 13.8 Å². The van der Waals surface area contributed by atoms with Gasteiger partial charge in [-0.3, -0.25) is 0 Å². The first-order valence-electron chi connectivity index (χ1n) is 4.55. The molecule has 66 valence electrons. The van der Waals surface area contributed by atoms with Crippen LogP contribution in [0.1, 0.15) is 26.7 Å². The van der Waals surface area contributed by atoms with Gasteiger partial charge in [0.2, 0.25) is 0 Å². The van der Waals surface area contributed by atoms with Crippen molar-refractivity contribution in [2.75, 3.05) is 13.1 Å². The lowest BCUT2D eigenvalue weighted by Crippen LogP contribution is -2.38. The van der Waals surface area contributed by atoms with Crippen molar-refractivity contribution in [3.63, 3.8) is 0 Å². The molecule has 1 aliphatic rings. The van der Waals surface area contributed by atoms with Crippen LogP contribution in [0.2, 0.25) is 0 Å². The van der Waals surface area contributed by atoms with Crippen LogP contribution in [0, 0.1) is 11.8 Å². The summed E-state index contributed by atoms with van der Waals surface area (Å²) >= 11 is 0. The van der Waals surface area contributed by atoms with Crippen LogP contribution in [0.3, 0.4) is 0 Å². The molecular weight excluding hydrogens is 141 g/mol. The van der Waals surface area contributed by atoms with Gasteiger partial charge in [-0.2, -0.15) is 0 Å². The fraction of sp³-hybridized carbons (Fsp3) is 1.00. The van der Waals surface area contributed by atoms with Crippen molar-refractivity contribution in [1.29, 1.82) is 0 Å². The van der Waals surface area contributed by atoms with Crippen LogP contribution >= 0.6 is 0 Å². The lowest BCUT2D eigenvalue weighted by molar-refractivity contribution is 0.159. The molecule has 0 aliphatic carbocycles. The second-order valence-electron chi connectivity index (χ2n) is 3.90. The number of halogens is 1. The van der Waals surface area contributed by atoms with E-state index in [9.17, 15) is 4.39 Å². The van der Waals surface area contributed by atoms with Gasteiger partial charge in [-0.05, 0) is 31.2 Å². The van der Waals surface area contributed by atoms with E-state index in [2.05, 4.69) is 19.2 Å². The molecule has 0 amide bonds. The van der Waals surface area contributed by atoms with Crippen molar-refractivity contribution >= 4 is 0 Å². The molecule has 2 heteroatoms. The molecule has 1 fully saturated rings. The zero-order valence-electron chi connectivity index (χ0n) is 7.44. The molecule has 2 atom stereocenters. The summed E-state index contributed by atoms with van der Waals surface area (Å²) in [5.41, 5.74) is 0. The van der Waals surface area contributed by atoms with Gasteiger partial charge in [0.15, 0.2) is 0 Å². The molecule has 1 rings (SSSR count). The number of piperidine rings is 1. The number of alkyl halides is 1. The van der Waals surface area contributed by atoms with Crippen LogP contribution in [-0.4, -0.2) is 19.3 Å². The molecule has 1 aliphatic heterocycles. The van der Waals surface area contributed by atoms with Crippen molar-refractivity contribution in [2.45, 2.75) is 32.9 Å². The lowest BCUT2D eigenvalue weighted by atomic mass is 9.88. The zero-order valence-corrected chi connectivity index (χ0v) is 7.44. The van der Waals surface area contributed by atoms with E-state index in [-0.39, 0.29) is 0 Å². The third kappa shape index (κ3) is 2.78. The van der Waals surface area contributed by atoms with Crippen molar-refractivity contribution in [3.8, 4) is 0 Å². The van der Waals surface area contributed by atoms with E-state index in [1.54, 1.807) is 0 Å². The Morgan fingerprint density at radius 3 is 2.82 bits per heavy atom. The van der Waals surface area contributed by atoms with E-state index < -0.39 is 6.17 Å². The van der Waals surface area contributed by atoms with Crippen LogP contribution < -0.4 is 5.32 Å². The topological polar surface area (TPSA) is 12.0 Å². The van der Waals surface area contributed by atoms with Crippen molar-refractivity contribution < 1.29 is 4.39 Å². The zero-order chi connectivity index (χ0) is 8.27. The minimum absolute atomic E-state index is 0.316. The highest BCUT2D eigenvalue weighted by molar-refractivity contribution is 4.78. The normalized spacial score (nSPS) is 32.7. The molecule has 1 saturated heterocycles. The SMILES string of the molecule is CC(C)CC1CCNCC1F. The third-order valence-electron chi connectivity index (χ3n) is 2.32. The first-order chi connectivity index (χ1) is 5.20. The largest absolute Gasteiger partial charge is 0.314 e. The Morgan fingerprint density at radius 1 is 1.55 bits per heavy atom. The van der Waals surface area contributed by atoms with Gasteiger partial charge >= 0.3 is 0 Å². The third-order valence-corrected chi connectivity index (χ3v) is 2.32. The highest BCUT2D eigenvalue weighted by Crippen LogP contribution is 2.23. The Bertz CT molecular complexity index is 114. The summed E-state index contributed by atoms with van der Waals surface area (Å²) in [6.45, 7) is 5.89. The lowest BCUT2D eigenvalue weighted by Gasteiger charge is -2.27. The maximum absolute atomic E-state index is 13.1. The Balaban J connectivity index is 2.29. The fourth-order valence-corrected chi connectivity index (χ4v) is 1.75. The summed E-state index contributed by atoms with van der Waals surface area (Å²) < 4.78 is 13.1. The molecule has 0 aromatic carbocycles. The maximum Gasteiger partial charge on any atom is 0.115 e. The van der Waals surface area contributed by atoms with Gasteiger partial charge < -0.3 is 5.32 Å². The van der Waals surface area contributed by atoms with Gasteiger partial charge in [-0.15, -0.1) is 0 Å². The van der Waals surface area contributed by atoms with E-state index in [1.165, 1.54) is 0 Å². The van der Waals surface area contributed by atoms with Gasteiger partial charge in [0.05, 0.1) is 0 Å². The summed E-state index contributed by atoms with van der Waals surface area (Å²) in [5, 5.41) is 3.06. The van der Waals surface area contributed by atoms with Crippen molar-refractivity contribution in [1.82, 2.24) is 5.32 Å². The highest BCUT2D eigenvalue weighted by atomic mass is 19.1. The van der Waals surface area contributed by atoms with Gasteiger partial charge in [0.25, 0.3) is 0 Å². The highest BCUT2D eigenvalue weighted by Gasteiger charge is 2.24. The summed E-state index contributed by atoms with van der Waals surface area (Å²) in [6.07, 6.45) is 1.45. The minimum Gasteiger partial charge on any atom is -0.314 e. The van der Waals surface area contributed by atoms with Gasteiger partial charge in [0.1, 0.15) is 6.17 Å². The van der Waals surface area contributed by atoms with Crippen molar-refractivity contribution in [3.05, 3.63) is 0 Å². The monoisotopic (exact) mass is 159 g/mol. The first kappa shape index (κ1) is 8.98. The summed E-state index contributed by atoms with van der Waals surface area (Å²) in [5.74, 6) is 0.951. The number of rotatable bonds is 2. The second kappa shape index (κ2) is 4.05. The molecule has 1 N–H and O–H groups in total.